The summed E-state index contributed by atoms with van der Waals surface area (Å²) in [6.45, 7) is 5.85. The fourth-order valence-electron chi connectivity index (χ4n) is 1.44. The van der Waals surface area contributed by atoms with Crippen LogP contribution in [0.5, 0.6) is 0 Å². The molecule has 1 rings (SSSR count). The van der Waals surface area contributed by atoms with Gasteiger partial charge in [-0.15, -0.1) is 0 Å². The van der Waals surface area contributed by atoms with Crippen LogP contribution in [-0.4, -0.2) is 44.8 Å². The molecule has 1 saturated heterocycles. The topological polar surface area (TPSA) is 33.7 Å². The van der Waals surface area contributed by atoms with Crippen molar-refractivity contribution in [3.63, 3.8) is 0 Å². The zero-order valence-electron chi connectivity index (χ0n) is 7.15. The summed E-state index contributed by atoms with van der Waals surface area (Å²) in [5, 5.41) is 0. The molecule has 4 heteroatoms. The summed E-state index contributed by atoms with van der Waals surface area (Å²) in [7, 11) is 2.18. The molecule has 1 unspecified atom stereocenters. The highest BCUT2D eigenvalue weighted by Crippen LogP contribution is 1.80. The minimum Gasteiger partial charge on any atom is -1.00 e. The lowest BCUT2D eigenvalue weighted by Crippen LogP contribution is -3.10. The zero-order chi connectivity index (χ0) is 7.40. The van der Waals surface area contributed by atoms with Crippen LogP contribution in [0.15, 0.2) is 0 Å². The Morgan fingerprint density at radius 2 is 2.27 bits per heavy atom. The molecule has 1 heterocycles. The highest BCUT2D eigenvalue weighted by molar-refractivity contribution is 4.49. The number of nitrogens with one attached hydrogen (secondary N) is 1. The molecule has 1 fully saturated rings. The Hall–Kier alpha value is 0.360. The predicted molar refractivity (Wildman–Crippen MR) is 41.9 cm³/mol. The van der Waals surface area contributed by atoms with Crippen LogP contribution in [0.2, 0.25) is 0 Å². The molecule has 1 aliphatic heterocycles. The first-order chi connectivity index (χ1) is 4.83. The van der Waals surface area contributed by atoms with E-state index in [2.05, 4.69) is 11.9 Å². The molecule has 0 aromatic carbocycles. The third-order valence-corrected chi connectivity index (χ3v) is 2.08. The molecule has 3 N–H and O–H groups in total. The van der Waals surface area contributed by atoms with Gasteiger partial charge in [0.1, 0.15) is 6.67 Å². The summed E-state index contributed by atoms with van der Waals surface area (Å²) in [5.74, 6) is 0. The van der Waals surface area contributed by atoms with Crippen LogP contribution >= 0.6 is 0 Å². The van der Waals surface area contributed by atoms with Gasteiger partial charge in [0, 0.05) is 6.42 Å². The Bertz CT molecular complexity index is 99.7. The molecule has 0 aromatic heterocycles. The number of halogens is 1. The van der Waals surface area contributed by atoms with E-state index in [1.807, 2.05) is 0 Å². The predicted octanol–water partition coefficient (Wildman–Crippen LogP) is -4.87. The SMILES string of the molecule is CN1CC[NH+](CCCN)C1.[Br-]. The summed E-state index contributed by atoms with van der Waals surface area (Å²) < 4.78 is 0. The van der Waals surface area contributed by atoms with Gasteiger partial charge in [-0.2, -0.15) is 0 Å². The number of nitrogens with zero attached hydrogens (tertiary/aromatic N) is 1. The van der Waals surface area contributed by atoms with E-state index in [-0.39, 0.29) is 17.0 Å². The van der Waals surface area contributed by atoms with E-state index >= 15 is 0 Å². The third kappa shape index (κ3) is 4.06. The van der Waals surface area contributed by atoms with Crippen molar-refractivity contribution in [1.29, 1.82) is 0 Å². The molecule has 0 bridgehead atoms. The van der Waals surface area contributed by atoms with Crippen LogP contribution in [-0.2, 0) is 0 Å². The lowest BCUT2D eigenvalue weighted by molar-refractivity contribution is -0.891. The van der Waals surface area contributed by atoms with Crippen LogP contribution in [0.1, 0.15) is 6.42 Å². The molecular weight excluding hydrogens is 206 g/mol. The number of quaternary nitrogens is 1. The average molecular weight is 224 g/mol. The lowest BCUT2D eigenvalue weighted by atomic mass is 10.4. The minimum absolute atomic E-state index is 0. The second kappa shape index (κ2) is 5.94. The van der Waals surface area contributed by atoms with Gasteiger partial charge in [0.25, 0.3) is 0 Å². The molecule has 68 valence electrons. The second-order valence-corrected chi connectivity index (χ2v) is 3.13. The van der Waals surface area contributed by atoms with Gasteiger partial charge in [-0.3, -0.25) is 4.90 Å². The molecule has 3 nitrogen and oxygen atoms in total. The van der Waals surface area contributed by atoms with Crippen molar-refractivity contribution >= 4 is 0 Å². The van der Waals surface area contributed by atoms with Crippen molar-refractivity contribution in [1.82, 2.24) is 4.90 Å². The quantitative estimate of drug-likeness (QED) is 0.504. The molecular formula is C7H18BrN3. The summed E-state index contributed by atoms with van der Waals surface area (Å²) >= 11 is 0. The zero-order valence-corrected chi connectivity index (χ0v) is 8.73. The van der Waals surface area contributed by atoms with E-state index in [1.54, 1.807) is 4.90 Å². The average Bonchev–Trinajstić information content (AvgIpc) is 2.31. The number of rotatable bonds is 3. The smallest absolute Gasteiger partial charge is 0.133 e. The van der Waals surface area contributed by atoms with Crippen molar-refractivity contribution in [2.75, 3.05) is 39.9 Å². The van der Waals surface area contributed by atoms with Gasteiger partial charge < -0.3 is 27.6 Å². The Morgan fingerprint density at radius 3 is 2.73 bits per heavy atom. The molecule has 0 aromatic rings. The van der Waals surface area contributed by atoms with Crippen molar-refractivity contribution in [2.45, 2.75) is 6.42 Å². The highest BCUT2D eigenvalue weighted by atomic mass is 79.9. The first-order valence-electron chi connectivity index (χ1n) is 4.05. The molecule has 0 amide bonds. The normalized spacial score (nSPS) is 25.1. The van der Waals surface area contributed by atoms with Crippen LogP contribution in [0.25, 0.3) is 0 Å². The fraction of sp³-hybridized carbons (Fsp3) is 1.00. The third-order valence-electron chi connectivity index (χ3n) is 2.08. The summed E-state index contributed by atoms with van der Waals surface area (Å²) in [6, 6.07) is 0. The molecule has 1 aliphatic rings. The molecule has 11 heavy (non-hydrogen) atoms. The van der Waals surface area contributed by atoms with Gasteiger partial charge in [-0.1, -0.05) is 0 Å². The Labute approximate surface area is 79.3 Å². The molecule has 0 spiro atoms. The van der Waals surface area contributed by atoms with Crippen LogP contribution in [0.4, 0.5) is 0 Å². The van der Waals surface area contributed by atoms with Crippen LogP contribution in [0, 0.1) is 0 Å². The first-order valence-corrected chi connectivity index (χ1v) is 4.05. The van der Waals surface area contributed by atoms with Gasteiger partial charge in [0.2, 0.25) is 0 Å². The van der Waals surface area contributed by atoms with Crippen molar-refractivity contribution in [3.05, 3.63) is 0 Å². The lowest BCUT2D eigenvalue weighted by Gasteiger charge is -2.10. The largest absolute Gasteiger partial charge is 1.00 e. The molecule has 0 radical (unpaired) electrons. The van der Waals surface area contributed by atoms with E-state index in [0.717, 1.165) is 6.54 Å². The van der Waals surface area contributed by atoms with Crippen LogP contribution in [0.3, 0.4) is 0 Å². The maximum absolute atomic E-state index is 5.41. The van der Waals surface area contributed by atoms with Crippen molar-refractivity contribution < 1.29 is 21.9 Å². The van der Waals surface area contributed by atoms with Gasteiger partial charge in [0.15, 0.2) is 0 Å². The van der Waals surface area contributed by atoms with E-state index in [0.29, 0.717) is 0 Å². The minimum atomic E-state index is 0. The van der Waals surface area contributed by atoms with Crippen LogP contribution < -0.4 is 27.6 Å². The highest BCUT2D eigenvalue weighted by Gasteiger charge is 2.18. The number of hydrogen-bond acceptors (Lipinski definition) is 2. The molecule has 1 atom stereocenters. The first kappa shape index (κ1) is 11.4. The van der Waals surface area contributed by atoms with Gasteiger partial charge >= 0.3 is 0 Å². The Kier molecular flexibility index (Phi) is 6.14. The number of nitrogens with two attached hydrogens (primary N) is 1. The molecule has 0 aliphatic carbocycles. The van der Waals surface area contributed by atoms with E-state index in [4.69, 9.17) is 5.73 Å². The van der Waals surface area contributed by atoms with Crippen molar-refractivity contribution in [2.24, 2.45) is 5.73 Å². The van der Waals surface area contributed by atoms with E-state index < -0.39 is 0 Å². The maximum Gasteiger partial charge on any atom is 0.133 e. The standard InChI is InChI=1S/C7H17N3.BrH/c1-9-5-6-10(7-9)4-2-3-8;/h2-8H2,1H3;1H. The fourth-order valence-corrected chi connectivity index (χ4v) is 1.44. The monoisotopic (exact) mass is 223 g/mol. The number of likely N-dealkylation sites (N-methyl/N-ethyl adjacent to an activating group) is 1. The van der Waals surface area contributed by atoms with E-state index in [9.17, 15) is 0 Å². The summed E-state index contributed by atoms with van der Waals surface area (Å²) in [6.07, 6.45) is 1.17. The van der Waals surface area contributed by atoms with E-state index in [1.165, 1.54) is 32.7 Å². The number of hydrogen-bond donors (Lipinski definition) is 2. The summed E-state index contributed by atoms with van der Waals surface area (Å²) in [4.78, 5) is 4.05. The Balaban J connectivity index is 0.000001000. The van der Waals surface area contributed by atoms with Crippen molar-refractivity contribution in [3.8, 4) is 0 Å². The second-order valence-electron chi connectivity index (χ2n) is 3.13. The van der Waals surface area contributed by atoms with Gasteiger partial charge in [-0.05, 0) is 13.6 Å². The summed E-state index contributed by atoms with van der Waals surface area (Å²) in [5.41, 5.74) is 5.41. The van der Waals surface area contributed by atoms with Gasteiger partial charge in [0.05, 0.1) is 19.6 Å². The maximum atomic E-state index is 5.41. The Morgan fingerprint density at radius 1 is 1.55 bits per heavy atom. The molecule has 0 saturated carbocycles. The van der Waals surface area contributed by atoms with Gasteiger partial charge in [-0.25, -0.2) is 0 Å².